The van der Waals surface area contributed by atoms with Crippen molar-refractivity contribution < 1.29 is 14.3 Å². The molecule has 0 saturated carbocycles. The summed E-state index contributed by atoms with van der Waals surface area (Å²) in [5.74, 6) is 2.18. The van der Waals surface area contributed by atoms with Gasteiger partial charge in [-0.3, -0.25) is 14.3 Å². The second-order valence-electron chi connectivity index (χ2n) is 7.59. The van der Waals surface area contributed by atoms with Crippen LogP contribution in [0.25, 0.3) is 17.1 Å². The van der Waals surface area contributed by atoms with E-state index in [2.05, 4.69) is 15.2 Å². The van der Waals surface area contributed by atoms with Gasteiger partial charge in [0.2, 0.25) is 0 Å². The number of pyridine rings is 1. The molecule has 0 N–H and O–H groups in total. The lowest BCUT2D eigenvalue weighted by Gasteiger charge is -2.13. The highest BCUT2D eigenvalue weighted by Gasteiger charge is 2.20. The van der Waals surface area contributed by atoms with E-state index in [1.807, 2.05) is 47.9 Å². The number of Topliss-reactive ketones (excluding diaryl/α,β-unsaturated/α-hetero) is 1. The Bertz CT molecular complexity index is 1290. The second kappa shape index (κ2) is 9.46. The van der Waals surface area contributed by atoms with E-state index >= 15 is 0 Å². The first-order valence-corrected chi connectivity index (χ1v) is 11.7. The molecule has 1 aliphatic rings. The Kier molecular flexibility index (Phi) is 6.08. The van der Waals surface area contributed by atoms with Crippen LogP contribution in [-0.4, -0.2) is 44.5 Å². The number of hydrogen-bond donors (Lipinski definition) is 0. The van der Waals surface area contributed by atoms with Crippen molar-refractivity contribution in [2.75, 3.05) is 19.0 Å². The molecule has 8 heteroatoms. The highest BCUT2D eigenvalue weighted by Crippen LogP contribution is 2.32. The fourth-order valence-electron chi connectivity index (χ4n) is 3.63. The van der Waals surface area contributed by atoms with Gasteiger partial charge >= 0.3 is 0 Å². The number of carbonyl (C=O) groups excluding carboxylic acids is 1. The molecule has 0 spiro atoms. The summed E-state index contributed by atoms with van der Waals surface area (Å²) in [7, 11) is 0. The minimum atomic E-state index is -0.0158. The van der Waals surface area contributed by atoms with Crippen LogP contribution in [0.1, 0.15) is 22.3 Å². The van der Waals surface area contributed by atoms with Gasteiger partial charge in [0.15, 0.2) is 28.3 Å². The average molecular weight is 459 g/mol. The summed E-state index contributed by atoms with van der Waals surface area (Å²) in [4.78, 5) is 17.2. The number of thioether (sulfide) groups is 1. The zero-order chi connectivity index (χ0) is 22.6. The molecule has 0 radical (unpaired) electrons. The molecule has 1 aliphatic heterocycles. The zero-order valence-electron chi connectivity index (χ0n) is 18.1. The Hall–Kier alpha value is -3.65. The van der Waals surface area contributed by atoms with Gasteiger partial charge in [-0.05, 0) is 48.9 Å². The molecule has 3 heterocycles. The van der Waals surface area contributed by atoms with Crippen molar-refractivity contribution in [3.8, 4) is 28.6 Å². The van der Waals surface area contributed by atoms with Crippen molar-refractivity contribution in [1.29, 1.82) is 0 Å². The summed E-state index contributed by atoms with van der Waals surface area (Å²) >= 11 is 1.36. The number of aromatic nitrogens is 4. The minimum Gasteiger partial charge on any atom is -0.490 e. The van der Waals surface area contributed by atoms with E-state index in [0.717, 1.165) is 23.2 Å². The van der Waals surface area contributed by atoms with E-state index in [1.54, 1.807) is 30.6 Å². The van der Waals surface area contributed by atoms with Gasteiger partial charge in [-0.2, -0.15) is 0 Å². The Labute approximate surface area is 195 Å². The summed E-state index contributed by atoms with van der Waals surface area (Å²) in [5, 5.41) is 9.48. The van der Waals surface area contributed by atoms with E-state index in [4.69, 9.17) is 9.47 Å². The van der Waals surface area contributed by atoms with Crippen molar-refractivity contribution in [1.82, 2.24) is 19.7 Å². The Morgan fingerprint density at radius 1 is 1.03 bits per heavy atom. The predicted octanol–water partition coefficient (Wildman–Crippen LogP) is 4.77. The predicted molar refractivity (Wildman–Crippen MR) is 126 cm³/mol. The van der Waals surface area contributed by atoms with Crippen molar-refractivity contribution in [2.24, 2.45) is 0 Å². The molecule has 4 aromatic rings. The maximum atomic E-state index is 13.0. The van der Waals surface area contributed by atoms with Crippen molar-refractivity contribution in [3.63, 3.8) is 0 Å². The lowest BCUT2D eigenvalue weighted by atomic mass is 10.1. The number of hydrogen-bond acceptors (Lipinski definition) is 7. The number of fused-ring (bicyclic) bond motifs is 1. The molecule has 0 bridgehead atoms. The molecule has 33 heavy (non-hydrogen) atoms. The van der Waals surface area contributed by atoms with Crippen LogP contribution in [-0.2, 0) is 0 Å². The van der Waals surface area contributed by atoms with Gasteiger partial charge in [0, 0.05) is 29.9 Å². The van der Waals surface area contributed by atoms with E-state index < -0.39 is 0 Å². The topological polar surface area (TPSA) is 79.1 Å². The van der Waals surface area contributed by atoms with Gasteiger partial charge in [0.25, 0.3) is 0 Å². The van der Waals surface area contributed by atoms with Gasteiger partial charge in [0.05, 0.1) is 24.7 Å². The highest BCUT2D eigenvalue weighted by molar-refractivity contribution is 7.99. The van der Waals surface area contributed by atoms with Crippen LogP contribution in [0.4, 0.5) is 0 Å². The zero-order valence-corrected chi connectivity index (χ0v) is 18.9. The van der Waals surface area contributed by atoms with Crippen LogP contribution in [0.2, 0.25) is 0 Å². The van der Waals surface area contributed by atoms with E-state index in [1.165, 1.54) is 11.8 Å². The van der Waals surface area contributed by atoms with Crippen molar-refractivity contribution in [3.05, 3.63) is 78.1 Å². The molecule has 0 aliphatic carbocycles. The van der Waals surface area contributed by atoms with Crippen LogP contribution < -0.4 is 9.47 Å². The molecule has 0 saturated heterocycles. The smallest absolute Gasteiger partial charge is 0.196 e. The standard InChI is InChI=1S/C25H22N4O3S/c1-17-6-2-3-8-20(17)29-24(19-7-4-11-26-15-19)27-28-25(29)33-16-21(30)18-9-10-22-23(14-18)32-13-5-12-31-22/h2-4,6-11,14-15H,5,12-13,16H2,1H3. The molecular formula is C25H22N4O3S. The van der Waals surface area contributed by atoms with Crippen molar-refractivity contribution in [2.45, 2.75) is 18.5 Å². The number of benzene rings is 2. The lowest BCUT2D eigenvalue weighted by Crippen LogP contribution is -2.06. The van der Waals surface area contributed by atoms with Gasteiger partial charge < -0.3 is 9.47 Å². The third kappa shape index (κ3) is 4.47. The highest BCUT2D eigenvalue weighted by atomic mass is 32.2. The maximum Gasteiger partial charge on any atom is 0.196 e. The fourth-order valence-corrected chi connectivity index (χ4v) is 4.47. The number of carbonyl (C=O) groups is 1. The monoisotopic (exact) mass is 458 g/mol. The Balaban J connectivity index is 1.43. The van der Waals surface area contributed by atoms with Gasteiger partial charge in [-0.1, -0.05) is 30.0 Å². The number of rotatable bonds is 6. The van der Waals surface area contributed by atoms with E-state index in [0.29, 0.717) is 41.3 Å². The Morgan fingerprint density at radius 2 is 1.88 bits per heavy atom. The van der Waals surface area contributed by atoms with Gasteiger partial charge in [-0.25, -0.2) is 0 Å². The average Bonchev–Trinajstić information content (AvgIpc) is 3.12. The molecule has 0 fully saturated rings. The van der Waals surface area contributed by atoms with Crippen LogP contribution in [0.15, 0.2) is 72.1 Å². The lowest BCUT2D eigenvalue weighted by molar-refractivity contribution is 0.102. The number of ketones is 1. The van der Waals surface area contributed by atoms with Gasteiger partial charge in [0.1, 0.15) is 0 Å². The summed E-state index contributed by atoms with van der Waals surface area (Å²) in [6.07, 6.45) is 4.30. The largest absolute Gasteiger partial charge is 0.490 e. The molecule has 2 aromatic heterocycles. The van der Waals surface area contributed by atoms with Crippen LogP contribution in [0.5, 0.6) is 11.5 Å². The summed E-state index contributed by atoms with van der Waals surface area (Å²) in [5.41, 5.74) is 3.49. The van der Waals surface area contributed by atoms with E-state index in [9.17, 15) is 4.79 Å². The quantitative estimate of drug-likeness (QED) is 0.304. The first-order valence-electron chi connectivity index (χ1n) is 10.7. The Morgan fingerprint density at radius 3 is 2.70 bits per heavy atom. The molecule has 5 rings (SSSR count). The third-order valence-electron chi connectivity index (χ3n) is 5.31. The van der Waals surface area contributed by atoms with Crippen molar-refractivity contribution >= 4 is 17.5 Å². The third-order valence-corrected chi connectivity index (χ3v) is 6.24. The van der Waals surface area contributed by atoms with Crippen LogP contribution in [0.3, 0.4) is 0 Å². The van der Waals surface area contributed by atoms with E-state index in [-0.39, 0.29) is 11.5 Å². The summed E-state index contributed by atoms with van der Waals surface area (Å²) in [6.45, 7) is 3.24. The number of para-hydroxylation sites is 1. The number of ether oxygens (including phenoxy) is 2. The SMILES string of the molecule is Cc1ccccc1-n1c(SCC(=O)c2ccc3c(c2)OCCCO3)nnc1-c1cccnc1. The molecule has 0 atom stereocenters. The summed E-state index contributed by atoms with van der Waals surface area (Å²) < 4.78 is 13.4. The molecule has 7 nitrogen and oxygen atoms in total. The molecule has 0 amide bonds. The van der Waals surface area contributed by atoms with Gasteiger partial charge in [-0.15, -0.1) is 10.2 Å². The number of nitrogens with zero attached hydrogens (tertiary/aromatic N) is 4. The summed E-state index contributed by atoms with van der Waals surface area (Å²) in [6, 6.07) is 17.2. The maximum absolute atomic E-state index is 13.0. The second-order valence-corrected chi connectivity index (χ2v) is 8.54. The fraction of sp³-hybridized carbons (Fsp3) is 0.200. The first kappa shape index (κ1) is 21.2. The molecule has 166 valence electrons. The normalized spacial score (nSPS) is 12.9. The molecule has 0 unspecified atom stereocenters. The van der Waals surface area contributed by atoms with Crippen LogP contribution >= 0.6 is 11.8 Å². The van der Waals surface area contributed by atoms with Crippen LogP contribution in [0, 0.1) is 6.92 Å². The molecule has 2 aromatic carbocycles. The molecular weight excluding hydrogens is 436 g/mol. The first-order chi connectivity index (χ1) is 16.2. The minimum absolute atomic E-state index is 0.0158. The number of aryl methyl sites for hydroxylation is 1.